The number of aromatic nitrogens is 1. The van der Waals surface area contributed by atoms with E-state index in [4.69, 9.17) is 9.31 Å². The van der Waals surface area contributed by atoms with E-state index >= 15 is 0 Å². The molecule has 2 amide bonds. The maximum absolute atomic E-state index is 13.2. The molecule has 0 radical (unpaired) electrons. The predicted octanol–water partition coefficient (Wildman–Crippen LogP) is 2.79. The summed E-state index contributed by atoms with van der Waals surface area (Å²) in [6.45, 7) is 8.71. The van der Waals surface area contributed by atoms with Crippen LogP contribution in [0.3, 0.4) is 0 Å². The molecule has 3 aromatic rings. The third kappa shape index (κ3) is 5.88. The SMILES string of the molecule is CNC(=O)CCC(C=O)N1Cc2c(C#CCCn3ccc4cc(B5OC(C)(C)C(C)(C)O5)ccc4c3=O)cccc2C1=O. The number of aldehydes is 1. The molecule has 3 heterocycles. The normalized spacial score (nSPS) is 17.4. The minimum atomic E-state index is -0.689. The number of aryl methyl sites for hydroxylation is 1. The van der Waals surface area contributed by atoms with Gasteiger partial charge in [0.2, 0.25) is 5.91 Å². The molecule has 0 spiro atoms. The Labute approximate surface area is 251 Å². The summed E-state index contributed by atoms with van der Waals surface area (Å²) in [7, 11) is 1.04. The van der Waals surface area contributed by atoms with Gasteiger partial charge in [-0.25, -0.2) is 0 Å². The Hall–Kier alpha value is -4.20. The fourth-order valence-corrected chi connectivity index (χ4v) is 5.38. The summed E-state index contributed by atoms with van der Waals surface area (Å²) in [5.41, 5.74) is 1.88. The number of nitrogens with zero attached hydrogens (tertiary/aromatic N) is 2. The molecule has 10 heteroatoms. The molecule has 1 fully saturated rings. The van der Waals surface area contributed by atoms with Gasteiger partial charge in [0.1, 0.15) is 6.29 Å². The first-order chi connectivity index (χ1) is 20.5. The van der Waals surface area contributed by atoms with Gasteiger partial charge in [0.25, 0.3) is 11.5 Å². The molecule has 1 saturated heterocycles. The molecule has 43 heavy (non-hydrogen) atoms. The highest BCUT2D eigenvalue weighted by Crippen LogP contribution is 2.36. The van der Waals surface area contributed by atoms with Crippen molar-refractivity contribution in [1.82, 2.24) is 14.8 Å². The highest BCUT2D eigenvalue weighted by atomic mass is 16.7. The van der Waals surface area contributed by atoms with Gasteiger partial charge in [-0.1, -0.05) is 30.0 Å². The molecule has 5 rings (SSSR count). The van der Waals surface area contributed by atoms with Crippen LogP contribution < -0.4 is 16.3 Å². The van der Waals surface area contributed by atoms with Crippen LogP contribution in [0.25, 0.3) is 10.8 Å². The molecule has 2 aromatic carbocycles. The minimum absolute atomic E-state index is 0.0988. The Bertz CT molecular complexity index is 1700. The maximum atomic E-state index is 13.2. The van der Waals surface area contributed by atoms with E-state index in [0.29, 0.717) is 29.5 Å². The summed E-state index contributed by atoms with van der Waals surface area (Å²) in [5, 5.41) is 3.96. The number of rotatable bonds is 8. The molecule has 1 unspecified atom stereocenters. The van der Waals surface area contributed by atoms with Crippen molar-refractivity contribution in [2.24, 2.45) is 0 Å². The van der Waals surface area contributed by atoms with E-state index in [1.165, 1.54) is 11.9 Å². The zero-order valence-corrected chi connectivity index (χ0v) is 25.2. The number of carbonyl (C=O) groups excluding carboxylic acids is 3. The monoisotopic (exact) mass is 581 g/mol. The lowest BCUT2D eigenvalue weighted by molar-refractivity contribution is -0.121. The van der Waals surface area contributed by atoms with E-state index in [-0.39, 0.29) is 36.8 Å². The molecule has 0 saturated carbocycles. The smallest absolute Gasteiger partial charge is 0.399 e. The van der Waals surface area contributed by atoms with Crippen molar-refractivity contribution in [2.75, 3.05) is 7.05 Å². The number of amides is 2. The number of hydrogen-bond acceptors (Lipinski definition) is 6. The van der Waals surface area contributed by atoms with Crippen LogP contribution in [-0.2, 0) is 32.0 Å². The Morgan fingerprint density at radius 1 is 1.12 bits per heavy atom. The van der Waals surface area contributed by atoms with E-state index in [9.17, 15) is 19.2 Å². The lowest BCUT2D eigenvalue weighted by Crippen LogP contribution is -2.41. The summed E-state index contributed by atoms with van der Waals surface area (Å²) >= 11 is 0. The van der Waals surface area contributed by atoms with Crippen LogP contribution in [0.2, 0.25) is 0 Å². The molecular formula is C33H36BN3O6. The molecule has 1 atom stereocenters. The summed E-state index contributed by atoms with van der Waals surface area (Å²) in [5.74, 6) is 5.88. The van der Waals surface area contributed by atoms with E-state index < -0.39 is 24.4 Å². The zero-order valence-electron chi connectivity index (χ0n) is 25.2. The largest absolute Gasteiger partial charge is 0.494 e. The zero-order chi connectivity index (χ0) is 30.9. The second-order valence-corrected chi connectivity index (χ2v) is 12.0. The van der Waals surface area contributed by atoms with Gasteiger partial charge in [-0.2, -0.15) is 0 Å². The second-order valence-electron chi connectivity index (χ2n) is 12.0. The number of nitrogens with one attached hydrogen (secondary N) is 1. The third-order valence-corrected chi connectivity index (χ3v) is 8.73. The van der Waals surface area contributed by atoms with Crippen molar-refractivity contribution in [2.45, 2.75) is 77.3 Å². The van der Waals surface area contributed by atoms with Crippen LogP contribution in [0.4, 0.5) is 0 Å². The average Bonchev–Trinajstić information content (AvgIpc) is 3.43. The van der Waals surface area contributed by atoms with Crippen LogP contribution >= 0.6 is 0 Å². The summed E-state index contributed by atoms with van der Waals surface area (Å²) in [6.07, 6.45) is 3.33. The van der Waals surface area contributed by atoms with Crippen LogP contribution in [0.1, 0.15) is 68.4 Å². The fourth-order valence-electron chi connectivity index (χ4n) is 5.38. The molecule has 222 valence electrons. The highest BCUT2D eigenvalue weighted by Gasteiger charge is 2.51. The van der Waals surface area contributed by atoms with Crippen molar-refractivity contribution < 1.29 is 23.7 Å². The molecule has 1 N–H and O–H groups in total. The van der Waals surface area contributed by atoms with Crippen LogP contribution in [0, 0.1) is 11.8 Å². The molecule has 2 aliphatic heterocycles. The third-order valence-electron chi connectivity index (χ3n) is 8.73. The molecule has 2 aliphatic rings. The van der Waals surface area contributed by atoms with Crippen LogP contribution in [0.15, 0.2) is 53.5 Å². The van der Waals surface area contributed by atoms with E-state index in [2.05, 4.69) is 17.2 Å². The maximum Gasteiger partial charge on any atom is 0.494 e. The van der Waals surface area contributed by atoms with Gasteiger partial charge < -0.3 is 28.9 Å². The summed E-state index contributed by atoms with van der Waals surface area (Å²) < 4.78 is 14.0. The Balaban J connectivity index is 1.27. The van der Waals surface area contributed by atoms with Gasteiger partial charge >= 0.3 is 7.12 Å². The number of hydrogen-bond donors (Lipinski definition) is 1. The summed E-state index contributed by atoms with van der Waals surface area (Å²) in [4.78, 5) is 51.2. The Kier molecular flexibility index (Phi) is 8.32. The quantitative estimate of drug-likeness (QED) is 0.249. The summed E-state index contributed by atoms with van der Waals surface area (Å²) in [6, 6.07) is 12.2. The first-order valence-electron chi connectivity index (χ1n) is 14.5. The first-order valence-corrected chi connectivity index (χ1v) is 14.5. The minimum Gasteiger partial charge on any atom is -0.399 e. The van der Waals surface area contributed by atoms with Crippen molar-refractivity contribution in [3.63, 3.8) is 0 Å². The van der Waals surface area contributed by atoms with Crippen molar-refractivity contribution in [3.8, 4) is 11.8 Å². The second kappa shape index (κ2) is 11.8. The van der Waals surface area contributed by atoms with Crippen LogP contribution in [-0.4, -0.2) is 59.0 Å². The molecule has 1 aromatic heterocycles. The number of pyridine rings is 1. The van der Waals surface area contributed by atoms with Gasteiger partial charge in [0.15, 0.2) is 0 Å². The van der Waals surface area contributed by atoms with Gasteiger partial charge in [0, 0.05) is 55.7 Å². The van der Waals surface area contributed by atoms with Crippen molar-refractivity contribution in [1.29, 1.82) is 0 Å². The van der Waals surface area contributed by atoms with E-state index in [1.54, 1.807) is 22.9 Å². The molecule has 0 bridgehead atoms. The fraction of sp³-hybridized carbons (Fsp3) is 0.394. The molecule has 9 nitrogen and oxygen atoms in total. The predicted molar refractivity (Wildman–Crippen MR) is 165 cm³/mol. The van der Waals surface area contributed by atoms with Gasteiger partial charge in [-0.15, -0.1) is 0 Å². The van der Waals surface area contributed by atoms with E-state index in [0.717, 1.165) is 22.7 Å². The van der Waals surface area contributed by atoms with Crippen molar-refractivity contribution in [3.05, 3.63) is 75.7 Å². The molecular weight excluding hydrogens is 545 g/mol. The number of benzene rings is 2. The lowest BCUT2D eigenvalue weighted by Gasteiger charge is -2.32. The highest BCUT2D eigenvalue weighted by molar-refractivity contribution is 6.62. The topological polar surface area (TPSA) is 107 Å². The van der Waals surface area contributed by atoms with Gasteiger partial charge in [-0.05, 0) is 74.8 Å². The Morgan fingerprint density at radius 3 is 2.56 bits per heavy atom. The Morgan fingerprint density at radius 2 is 1.86 bits per heavy atom. The van der Waals surface area contributed by atoms with Gasteiger partial charge in [-0.3, -0.25) is 14.4 Å². The average molecular weight is 581 g/mol. The van der Waals surface area contributed by atoms with Crippen molar-refractivity contribution >= 4 is 41.5 Å². The number of carbonyl (C=O) groups is 3. The van der Waals surface area contributed by atoms with Crippen LogP contribution in [0.5, 0.6) is 0 Å². The standard InChI is InChI=1S/C33H36BN3O6/c1-32(2)33(3,4)43-34(42-32)24-12-14-26-23(19-24)16-18-36(30(26)40)17-7-6-9-22-10-8-11-27-28(22)20-37(31(27)41)25(21-38)13-15-29(39)35-5/h8,10-12,14,16,18-19,21,25H,7,13,15,17,20H2,1-5H3,(H,35,39). The number of fused-ring (bicyclic) bond motifs is 2. The molecule has 0 aliphatic carbocycles. The lowest BCUT2D eigenvalue weighted by atomic mass is 9.78. The van der Waals surface area contributed by atoms with Gasteiger partial charge in [0.05, 0.1) is 17.2 Å². The first kappa shape index (κ1) is 30.3. The van der Waals surface area contributed by atoms with E-state index in [1.807, 2.05) is 58.0 Å².